The first kappa shape index (κ1) is 18.0. The van der Waals surface area contributed by atoms with E-state index in [-0.39, 0.29) is 0 Å². The molecular weight excluding hydrogens is 284 g/mol. The lowest BCUT2D eigenvalue weighted by molar-refractivity contribution is 0.533. The van der Waals surface area contributed by atoms with Crippen molar-refractivity contribution in [2.45, 2.75) is 47.5 Å². The fourth-order valence-electron chi connectivity index (χ4n) is 1.97. The Hall–Kier alpha value is -1.03. The first-order valence-corrected chi connectivity index (χ1v) is 8.33. The zero-order valence-corrected chi connectivity index (χ0v) is 14.7. The summed E-state index contributed by atoms with van der Waals surface area (Å²) in [6.45, 7) is 13.8. The van der Waals surface area contributed by atoms with Crippen LogP contribution in [0.2, 0.25) is 5.02 Å². The van der Waals surface area contributed by atoms with E-state index < -0.39 is 0 Å². The summed E-state index contributed by atoms with van der Waals surface area (Å²) < 4.78 is 0. The van der Waals surface area contributed by atoms with Crippen LogP contribution in [0.1, 0.15) is 47.5 Å². The van der Waals surface area contributed by atoms with E-state index >= 15 is 0 Å². The van der Waals surface area contributed by atoms with Crippen molar-refractivity contribution < 1.29 is 0 Å². The van der Waals surface area contributed by atoms with Gasteiger partial charge in [0.2, 0.25) is 5.95 Å². The molecule has 0 saturated heterocycles. The average Bonchev–Trinajstić information content (AvgIpc) is 2.41. The number of anilines is 2. The van der Waals surface area contributed by atoms with Gasteiger partial charge in [-0.3, -0.25) is 0 Å². The monoisotopic (exact) mass is 312 g/mol. The van der Waals surface area contributed by atoms with E-state index in [0.29, 0.717) is 22.8 Å². The molecule has 1 heterocycles. The number of halogens is 1. The maximum absolute atomic E-state index is 6.33. The first-order chi connectivity index (χ1) is 9.93. The molecule has 0 atom stereocenters. The molecule has 1 aromatic heterocycles. The Kier molecular flexibility index (Phi) is 7.79. The molecule has 120 valence electrons. The van der Waals surface area contributed by atoms with E-state index in [4.69, 9.17) is 11.6 Å². The molecule has 0 saturated carbocycles. The van der Waals surface area contributed by atoms with Crippen LogP contribution in [0.4, 0.5) is 11.8 Å². The van der Waals surface area contributed by atoms with Crippen LogP contribution in [0, 0.1) is 11.8 Å². The van der Waals surface area contributed by atoms with Gasteiger partial charge in [-0.1, -0.05) is 39.3 Å². The van der Waals surface area contributed by atoms with E-state index in [1.54, 1.807) is 6.20 Å². The molecule has 0 radical (unpaired) electrons. The lowest BCUT2D eigenvalue weighted by atomic mass is 10.1. The Morgan fingerprint density at radius 1 is 1.14 bits per heavy atom. The van der Waals surface area contributed by atoms with Gasteiger partial charge in [-0.05, 0) is 31.6 Å². The fraction of sp³-hybridized carbons (Fsp3) is 0.750. The quantitative estimate of drug-likeness (QED) is 0.731. The zero-order valence-electron chi connectivity index (χ0n) is 14.0. The van der Waals surface area contributed by atoms with Crippen molar-refractivity contribution in [3.05, 3.63) is 11.2 Å². The Labute approximate surface area is 134 Å². The van der Waals surface area contributed by atoms with Gasteiger partial charge in [0.15, 0.2) is 5.82 Å². The first-order valence-electron chi connectivity index (χ1n) is 7.95. The van der Waals surface area contributed by atoms with Gasteiger partial charge in [0.1, 0.15) is 5.02 Å². The van der Waals surface area contributed by atoms with Gasteiger partial charge >= 0.3 is 0 Å². The summed E-state index contributed by atoms with van der Waals surface area (Å²) in [5.74, 6) is 2.83. The third kappa shape index (κ3) is 6.51. The van der Waals surface area contributed by atoms with Crippen molar-refractivity contribution in [2.75, 3.05) is 29.9 Å². The Bertz CT molecular complexity index is 409. The van der Waals surface area contributed by atoms with Crippen LogP contribution in [0.15, 0.2) is 6.20 Å². The topological polar surface area (TPSA) is 41.1 Å². The summed E-state index contributed by atoms with van der Waals surface area (Å²) >= 11 is 6.33. The number of hydrogen-bond donors (Lipinski definition) is 1. The van der Waals surface area contributed by atoms with Gasteiger partial charge in [0.05, 0.1) is 6.20 Å². The molecule has 21 heavy (non-hydrogen) atoms. The van der Waals surface area contributed by atoms with Gasteiger partial charge in [-0.2, -0.15) is 4.98 Å². The number of hydrogen-bond acceptors (Lipinski definition) is 4. The summed E-state index contributed by atoms with van der Waals surface area (Å²) in [6.07, 6.45) is 3.96. The number of rotatable bonds is 9. The molecule has 1 N–H and O–H groups in total. The Balaban J connectivity index is 2.90. The standard InChI is InChI=1S/C16H29ClN4/c1-6-18-16-19-11-14(17)15(20-16)21(9-7-12(2)3)10-8-13(4)5/h11-13H,6-10H2,1-5H3,(H,18,19,20). The number of nitrogens with one attached hydrogen (secondary N) is 1. The minimum Gasteiger partial charge on any atom is -0.355 e. The van der Waals surface area contributed by atoms with Crippen LogP contribution in [0.5, 0.6) is 0 Å². The van der Waals surface area contributed by atoms with Crippen molar-refractivity contribution in [3.63, 3.8) is 0 Å². The molecule has 0 aliphatic heterocycles. The second-order valence-corrected chi connectivity index (χ2v) is 6.65. The van der Waals surface area contributed by atoms with Crippen LogP contribution in [0.3, 0.4) is 0 Å². The molecule has 1 aromatic rings. The van der Waals surface area contributed by atoms with Crippen LogP contribution in [0.25, 0.3) is 0 Å². The van der Waals surface area contributed by atoms with E-state index in [1.165, 1.54) is 0 Å². The van der Waals surface area contributed by atoms with Crippen molar-refractivity contribution in [1.29, 1.82) is 0 Å². The van der Waals surface area contributed by atoms with Crippen molar-refractivity contribution >= 4 is 23.4 Å². The molecule has 1 rings (SSSR count). The highest BCUT2D eigenvalue weighted by molar-refractivity contribution is 6.32. The van der Waals surface area contributed by atoms with Crippen LogP contribution in [-0.2, 0) is 0 Å². The summed E-state index contributed by atoms with van der Waals surface area (Å²) in [6, 6.07) is 0. The fourth-order valence-corrected chi connectivity index (χ4v) is 2.19. The minimum absolute atomic E-state index is 0.629. The lowest BCUT2D eigenvalue weighted by Gasteiger charge is -2.26. The van der Waals surface area contributed by atoms with Gasteiger partial charge in [-0.15, -0.1) is 0 Å². The highest BCUT2D eigenvalue weighted by Gasteiger charge is 2.15. The van der Waals surface area contributed by atoms with Gasteiger partial charge in [-0.25, -0.2) is 4.98 Å². The second kappa shape index (κ2) is 9.08. The molecule has 0 aliphatic rings. The summed E-state index contributed by atoms with van der Waals surface area (Å²) in [4.78, 5) is 11.1. The molecule has 0 amide bonds. The predicted molar refractivity (Wildman–Crippen MR) is 92.3 cm³/mol. The molecule has 5 heteroatoms. The predicted octanol–water partition coefficient (Wildman–Crippen LogP) is 4.46. The molecule has 0 aromatic carbocycles. The van der Waals surface area contributed by atoms with E-state index in [1.807, 2.05) is 6.92 Å². The third-order valence-corrected chi connectivity index (χ3v) is 3.58. The van der Waals surface area contributed by atoms with E-state index in [0.717, 1.165) is 38.3 Å². The molecular formula is C16H29ClN4. The highest BCUT2D eigenvalue weighted by Crippen LogP contribution is 2.25. The summed E-state index contributed by atoms with van der Waals surface area (Å²) in [7, 11) is 0. The lowest BCUT2D eigenvalue weighted by Crippen LogP contribution is -2.29. The maximum Gasteiger partial charge on any atom is 0.224 e. The van der Waals surface area contributed by atoms with Crippen molar-refractivity contribution in [2.24, 2.45) is 11.8 Å². The normalized spacial score (nSPS) is 11.2. The number of aromatic nitrogens is 2. The van der Waals surface area contributed by atoms with Crippen molar-refractivity contribution in [3.8, 4) is 0 Å². The summed E-state index contributed by atoms with van der Waals surface area (Å²) in [5.41, 5.74) is 0. The highest BCUT2D eigenvalue weighted by atomic mass is 35.5. The van der Waals surface area contributed by atoms with Crippen LogP contribution >= 0.6 is 11.6 Å². The number of nitrogens with zero attached hydrogens (tertiary/aromatic N) is 3. The zero-order chi connectivity index (χ0) is 15.8. The van der Waals surface area contributed by atoms with Crippen molar-refractivity contribution in [1.82, 2.24) is 9.97 Å². The molecule has 0 fully saturated rings. The van der Waals surface area contributed by atoms with Gasteiger partial charge in [0.25, 0.3) is 0 Å². The molecule has 0 bridgehead atoms. The average molecular weight is 313 g/mol. The van der Waals surface area contributed by atoms with Gasteiger partial charge < -0.3 is 10.2 Å². The van der Waals surface area contributed by atoms with E-state index in [9.17, 15) is 0 Å². The smallest absolute Gasteiger partial charge is 0.224 e. The minimum atomic E-state index is 0.629. The third-order valence-electron chi connectivity index (χ3n) is 3.31. The van der Waals surface area contributed by atoms with Crippen LogP contribution < -0.4 is 10.2 Å². The Morgan fingerprint density at radius 3 is 2.19 bits per heavy atom. The largest absolute Gasteiger partial charge is 0.355 e. The van der Waals surface area contributed by atoms with Crippen LogP contribution in [-0.4, -0.2) is 29.6 Å². The van der Waals surface area contributed by atoms with E-state index in [2.05, 4.69) is 47.9 Å². The molecule has 4 nitrogen and oxygen atoms in total. The molecule has 0 unspecified atom stereocenters. The Morgan fingerprint density at radius 2 is 1.71 bits per heavy atom. The maximum atomic E-state index is 6.33. The molecule has 0 spiro atoms. The summed E-state index contributed by atoms with van der Waals surface area (Å²) in [5, 5.41) is 3.78. The van der Waals surface area contributed by atoms with Gasteiger partial charge in [0, 0.05) is 19.6 Å². The second-order valence-electron chi connectivity index (χ2n) is 6.25. The SMILES string of the molecule is CCNc1ncc(Cl)c(N(CCC(C)C)CCC(C)C)n1. The molecule has 0 aliphatic carbocycles.